The minimum atomic E-state index is 0.230. The van der Waals surface area contributed by atoms with E-state index in [9.17, 15) is 4.79 Å². The SMILES string of the molecule is CC(C)CC(=O)Cc1ccncc1Cl. The van der Waals surface area contributed by atoms with Crippen LogP contribution in [-0.2, 0) is 11.2 Å². The lowest BCUT2D eigenvalue weighted by molar-refractivity contribution is -0.119. The highest BCUT2D eigenvalue weighted by Crippen LogP contribution is 2.15. The van der Waals surface area contributed by atoms with Crippen molar-refractivity contribution >= 4 is 17.4 Å². The van der Waals surface area contributed by atoms with E-state index in [4.69, 9.17) is 11.6 Å². The first-order valence-electron chi connectivity index (χ1n) is 4.69. The lowest BCUT2D eigenvalue weighted by atomic mass is 10.0. The molecule has 0 N–H and O–H groups in total. The molecule has 0 atom stereocenters. The van der Waals surface area contributed by atoms with Crippen molar-refractivity contribution in [1.29, 1.82) is 0 Å². The normalized spacial score (nSPS) is 10.6. The van der Waals surface area contributed by atoms with E-state index in [1.807, 2.05) is 13.8 Å². The molecule has 3 heteroatoms. The standard InChI is InChI=1S/C11H14ClNO/c1-8(2)5-10(14)6-9-3-4-13-7-11(9)12/h3-4,7-8H,5-6H2,1-2H3. The molecule has 1 rings (SSSR count). The molecule has 0 aromatic carbocycles. The molecule has 0 saturated heterocycles. The average molecular weight is 212 g/mol. The largest absolute Gasteiger partial charge is 0.299 e. The predicted molar refractivity (Wildman–Crippen MR) is 57.4 cm³/mol. The van der Waals surface area contributed by atoms with E-state index in [1.54, 1.807) is 18.5 Å². The second-order valence-electron chi connectivity index (χ2n) is 3.78. The Kier molecular flexibility index (Phi) is 4.08. The van der Waals surface area contributed by atoms with Crippen LogP contribution in [0.25, 0.3) is 0 Å². The molecule has 1 aromatic heterocycles. The molecule has 0 spiro atoms. The Morgan fingerprint density at radius 3 is 2.86 bits per heavy atom. The molecule has 1 aromatic rings. The lowest BCUT2D eigenvalue weighted by Crippen LogP contribution is -2.06. The highest BCUT2D eigenvalue weighted by molar-refractivity contribution is 6.31. The highest BCUT2D eigenvalue weighted by Gasteiger charge is 2.08. The summed E-state index contributed by atoms with van der Waals surface area (Å²) in [6, 6.07) is 1.79. The Balaban J connectivity index is 2.61. The fourth-order valence-electron chi connectivity index (χ4n) is 1.29. The number of Topliss-reactive ketones (excluding diaryl/α,β-unsaturated/α-hetero) is 1. The number of carbonyl (C=O) groups is 1. The summed E-state index contributed by atoms with van der Waals surface area (Å²) in [6.07, 6.45) is 4.25. The van der Waals surface area contributed by atoms with Crippen molar-refractivity contribution in [3.05, 3.63) is 29.0 Å². The van der Waals surface area contributed by atoms with Gasteiger partial charge in [0.15, 0.2) is 0 Å². The van der Waals surface area contributed by atoms with Crippen LogP contribution >= 0.6 is 11.6 Å². The number of rotatable bonds is 4. The first-order valence-corrected chi connectivity index (χ1v) is 5.07. The molecule has 1 heterocycles. The van der Waals surface area contributed by atoms with Crippen LogP contribution in [0, 0.1) is 5.92 Å². The van der Waals surface area contributed by atoms with Gasteiger partial charge in [-0.25, -0.2) is 0 Å². The number of nitrogens with zero attached hydrogens (tertiary/aromatic N) is 1. The van der Waals surface area contributed by atoms with Gasteiger partial charge in [-0.05, 0) is 17.5 Å². The van der Waals surface area contributed by atoms with E-state index in [-0.39, 0.29) is 5.78 Å². The van der Waals surface area contributed by atoms with Gasteiger partial charge in [-0.2, -0.15) is 0 Å². The zero-order chi connectivity index (χ0) is 10.6. The van der Waals surface area contributed by atoms with Crippen molar-refractivity contribution in [1.82, 2.24) is 4.98 Å². The number of carbonyl (C=O) groups excluding carboxylic acids is 1. The van der Waals surface area contributed by atoms with Gasteiger partial charge >= 0.3 is 0 Å². The number of pyridine rings is 1. The smallest absolute Gasteiger partial charge is 0.137 e. The van der Waals surface area contributed by atoms with Crippen LogP contribution in [0.15, 0.2) is 18.5 Å². The minimum Gasteiger partial charge on any atom is -0.299 e. The molecule has 0 unspecified atom stereocenters. The van der Waals surface area contributed by atoms with Crippen LogP contribution < -0.4 is 0 Å². The van der Waals surface area contributed by atoms with E-state index < -0.39 is 0 Å². The van der Waals surface area contributed by atoms with Gasteiger partial charge in [0, 0.05) is 25.2 Å². The van der Waals surface area contributed by atoms with Crippen molar-refractivity contribution in [2.45, 2.75) is 26.7 Å². The van der Waals surface area contributed by atoms with Crippen LogP contribution in [0.1, 0.15) is 25.8 Å². The van der Waals surface area contributed by atoms with Crippen LogP contribution in [-0.4, -0.2) is 10.8 Å². The van der Waals surface area contributed by atoms with Gasteiger partial charge in [-0.15, -0.1) is 0 Å². The van der Waals surface area contributed by atoms with Gasteiger partial charge in [0.2, 0.25) is 0 Å². The van der Waals surface area contributed by atoms with Gasteiger partial charge in [0.25, 0.3) is 0 Å². The molecule has 0 aliphatic heterocycles. The van der Waals surface area contributed by atoms with Crippen LogP contribution in [0.4, 0.5) is 0 Å². The quantitative estimate of drug-likeness (QED) is 0.767. The van der Waals surface area contributed by atoms with Crippen LogP contribution in [0.2, 0.25) is 5.02 Å². The van der Waals surface area contributed by atoms with E-state index in [2.05, 4.69) is 4.98 Å². The monoisotopic (exact) mass is 211 g/mol. The lowest BCUT2D eigenvalue weighted by Gasteiger charge is -2.04. The molecule has 0 saturated carbocycles. The second kappa shape index (κ2) is 5.11. The van der Waals surface area contributed by atoms with Gasteiger partial charge in [0.05, 0.1) is 5.02 Å². The molecule has 14 heavy (non-hydrogen) atoms. The maximum absolute atomic E-state index is 11.5. The molecular formula is C11H14ClNO. The molecule has 0 bridgehead atoms. The first-order chi connectivity index (χ1) is 6.59. The van der Waals surface area contributed by atoms with Crippen molar-refractivity contribution in [3.8, 4) is 0 Å². The van der Waals surface area contributed by atoms with Gasteiger partial charge in [-0.1, -0.05) is 25.4 Å². The summed E-state index contributed by atoms with van der Waals surface area (Å²) in [6.45, 7) is 4.07. The third kappa shape index (κ3) is 3.46. The van der Waals surface area contributed by atoms with Gasteiger partial charge < -0.3 is 0 Å². The van der Waals surface area contributed by atoms with Crippen LogP contribution in [0.3, 0.4) is 0 Å². The molecular weight excluding hydrogens is 198 g/mol. The van der Waals surface area contributed by atoms with E-state index in [0.29, 0.717) is 23.8 Å². The summed E-state index contributed by atoms with van der Waals surface area (Å²) in [7, 11) is 0. The maximum atomic E-state index is 11.5. The number of hydrogen-bond acceptors (Lipinski definition) is 2. The van der Waals surface area contributed by atoms with Crippen molar-refractivity contribution < 1.29 is 4.79 Å². The summed E-state index contributed by atoms with van der Waals surface area (Å²) in [4.78, 5) is 15.4. The topological polar surface area (TPSA) is 30.0 Å². The number of ketones is 1. The zero-order valence-electron chi connectivity index (χ0n) is 8.46. The summed E-state index contributed by atoms with van der Waals surface area (Å²) >= 11 is 5.89. The summed E-state index contributed by atoms with van der Waals surface area (Å²) in [5, 5.41) is 0.574. The predicted octanol–water partition coefficient (Wildman–Crippen LogP) is 2.89. The Morgan fingerprint density at radius 2 is 2.29 bits per heavy atom. The first kappa shape index (κ1) is 11.2. The zero-order valence-corrected chi connectivity index (χ0v) is 9.21. The summed E-state index contributed by atoms with van der Waals surface area (Å²) in [5.74, 6) is 0.635. The Hall–Kier alpha value is -0.890. The molecule has 0 radical (unpaired) electrons. The van der Waals surface area contributed by atoms with Gasteiger partial charge in [0.1, 0.15) is 5.78 Å². The van der Waals surface area contributed by atoms with Crippen molar-refractivity contribution in [2.24, 2.45) is 5.92 Å². The third-order valence-electron chi connectivity index (χ3n) is 1.88. The molecule has 0 fully saturated rings. The third-order valence-corrected chi connectivity index (χ3v) is 2.22. The Labute approximate surface area is 89.3 Å². The Bertz CT molecular complexity index is 323. The van der Waals surface area contributed by atoms with Gasteiger partial charge in [-0.3, -0.25) is 9.78 Å². The second-order valence-corrected chi connectivity index (χ2v) is 4.19. The number of hydrogen-bond donors (Lipinski definition) is 0. The van der Waals surface area contributed by atoms with E-state index in [1.165, 1.54) is 0 Å². The van der Waals surface area contributed by atoms with Crippen molar-refractivity contribution in [2.75, 3.05) is 0 Å². The maximum Gasteiger partial charge on any atom is 0.137 e. The Morgan fingerprint density at radius 1 is 1.57 bits per heavy atom. The van der Waals surface area contributed by atoms with E-state index >= 15 is 0 Å². The fraction of sp³-hybridized carbons (Fsp3) is 0.455. The molecule has 0 aliphatic carbocycles. The molecule has 0 amide bonds. The minimum absolute atomic E-state index is 0.230. The molecule has 0 aliphatic rings. The van der Waals surface area contributed by atoms with Crippen molar-refractivity contribution in [3.63, 3.8) is 0 Å². The van der Waals surface area contributed by atoms with Crippen LogP contribution in [0.5, 0.6) is 0 Å². The average Bonchev–Trinajstić information content (AvgIpc) is 2.07. The number of halogens is 1. The van der Waals surface area contributed by atoms with E-state index in [0.717, 1.165) is 5.56 Å². The summed E-state index contributed by atoms with van der Waals surface area (Å²) < 4.78 is 0. The number of aromatic nitrogens is 1. The highest BCUT2D eigenvalue weighted by atomic mass is 35.5. The molecule has 2 nitrogen and oxygen atoms in total. The summed E-state index contributed by atoms with van der Waals surface area (Å²) in [5.41, 5.74) is 0.868. The molecule has 76 valence electrons. The fourth-order valence-corrected chi connectivity index (χ4v) is 1.47.